The molecule has 1 rings (SSSR count). The fraction of sp³-hybridized carbons (Fsp3) is 0.333. The van der Waals surface area contributed by atoms with Gasteiger partial charge in [-0.15, -0.1) is 18.2 Å². The summed E-state index contributed by atoms with van der Waals surface area (Å²) in [7, 11) is 0. The van der Waals surface area contributed by atoms with E-state index in [-0.39, 0.29) is 18.3 Å². The lowest BCUT2D eigenvalue weighted by Gasteiger charge is -2.05. The molecule has 102 valence electrons. The Morgan fingerprint density at radius 1 is 1.42 bits per heavy atom. The Morgan fingerprint density at radius 2 is 2.21 bits per heavy atom. The monoisotopic (exact) mass is 282 g/mol. The molecule has 0 atom stereocenters. The molecule has 0 saturated heterocycles. The van der Waals surface area contributed by atoms with Gasteiger partial charge in [0.15, 0.2) is 0 Å². The maximum absolute atomic E-state index is 11.4. The molecule has 0 bridgehead atoms. The van der Waals surface area contributed by atoms with Gasteiger partial charge in [-0.3, -0.25) is 0 Å². The predicted molar refractivity (Wildman–Crippen MR) is 72.1 cm³/mol. The van der Waals surface area contributed by atoms with Gasteiger partial charge in [-0.1, -0.05) is 5.92 Å². The molecule has 0 aliphatic carbocycles. The number of amides is 2. The maximum atomic E-state index is 11.4. The molecule has 0 aliphatic heterocycles. The average molecular weight is 282 g/mol. The highest BCUT2D eigenvalue weighted by Gasteiger charge is 2.09. The molecule has 0 fully saturated rings. The first-order valence-corrected chi connectivity index (χ1v) is 6.64. The molecular weight excluding hydrogens is 268 g/mol. The average Bonchev–Trinajstić information content (AvgIpc) is 2.85. The van der Waals surface area contributed by atoms with Crippen molar-refractivity contribution in [2.75, 3.05) is 18.1 Å². The number of furan rings is 1. The quantitative estimate of drug-likeness (QED) is 0.515. The van der Waals surface area contributed by atoms with E-state index in [1.54, 1.807) is 11.8 Å². The molecule has 0 saturated carbocycles. The summed E-state index contributed by atoms with van der Waals surface area (Å²) in [4.78, 5) is 21.9. The molecule has 3 N–H and O–H groups in total. The molecule has 1 aromatic rings. The van der Waals surface area contributed by atoms with Crippen LogP contribution in [0.4, 0.5) is 4.79 Å². The van der Waals surface area contributed by atoms with E-state index in [2.05, 4.69) is 16.6 Å². The number of urea groups is 1. The lowest BCUT2D eigenvalue weighted by atomic mass is 10.4. The largest absolute Gasteiger partial charge is 0.475 e. The van der Waals surface area contributed by atoms with Crippen LogP contribution in [0, 0.1) is 12.3 Å². The molecule has 2 amide bonds. The van der Waals surface area contributed by atoms with Gasteiger partial charge in [-0.2, -0.15) is 0 Å². The third-order valence-electron chi connectivity index (χ3n) is 2.01. The molecule has 7 heteroatoms. The lowest BCUT2D eigenvalue weighted by Crippen LogP contribution is -2.36. The molecule has 1 aromatic heterocycles. The summed E-state index contributed by atoms with van der Waals surface area (Å²) in [5.41, 5.74) is 0. The van der Waals surface area contributed by atoms with Crippen LogP contribution in [0.2, 0.25) is 0 Å². The summed E-state index contributed by atoms with van der Waals surface area (Å²) in [6.07, 6.45) is 5.08. The van der Waals surface area contributed by atoms with E-state index < -0.39 is 5.97 Å². The van der Waals surface area contributed by atoms with Crippen LogP contribution in [0.1, 0.15) is 16.3 Å². The number of rotatable bonds is 7. The van der Waals surface area contributed by atoms with Crippen molar-refractivity contribution in [1.82, 2.24) is 10.6 Å². The summed E-state index contributed by atoms with van der Waals surface area (Å²) in [6, 6.07) is 2.51. The number of hydrogen-bond acceptors (Lipinski definition) is 4. The van der Waals surface area contributed by atoms with Crippen molar-refractivity contribution in [3.63, 3.8) is 0 Å². The third-order valence-corrected chi connectivity index (χ3v) is 2.88. The minimum absolute atomic E-state index is 0.136. The number of aromatic carboxylic acids is 1. The van der Waals surface area contributed by atoms with E-state index in [0.717, 1.165) is 5.75 Å². The van der Waals surface area contributed by atoms with Crippen molar-refractivity contribution < 1.29 is 19.1 Å². The van der Waals surface area contributed by atoms with Gasteiger partial charge >= 0.3 is 12.0 Å². The molecule has 0 radical (unpaired) electrons. The number of nitrogens with one attached hydrogen (secondary N) is 2. The number of carboxylic acid groups (broad SMARTS) is 1. The first-order chi connectivity index (χ1) is 9.13. The molecule has 19 heavy (non-hydrogen) atoms. The van der Waals surface area contributed by atoms with Crippen LogP contribution in [-0.4, -0.2) is 35.2 Å². The Kier molecular flexibility index (Phi) is 6.39. The smallest absolute Gasteiger partial charge is 0.371 e. The first-order valence-electron chi connectivity index (χ1n) is 5.48. The fourth-order valence-corrected chi connectivity index (χ4v) is 1.69. The SMILES string of the molecule is C#CCSCCNC(=O)NCc1ccc(C(=O)O)o1. The van der Waals surface area contributed by atoms with Gasteiger partial charge in [-0.25, -0.2) is 9.59 Å². The van der Waals surface area contributed by atoms with Crippen LogP contribution in [0.5, 0.6) is 0 Å². The first kappa shape index (κ1) is 15.0. The highest BCUT2D eigenvalue weighted by Crippen LogP contribution is 2.07. The predicted octanol–water partition coefficient (Wildman–Crippen LogP) is 1.14. The van der Waals surface area contributed by atoms with Crippen molar-refractivity contribution in [2.45, 2.75) is 6.54 Å². The normalized spacial score (nSPS) is 9.63. The Labute approximate surface area is 114 Å². The maximum Gasteiger partial charge on any atom is 0.371 e. The van der Waals surface area contributed by atoms with Crippen molar-refractivity contribution in [1.29, 1.82) is 0 Å². The number of thioether (sulfide) groups is 1. The van der Waals surface area contributed by atoms with E-state index in [4.69, 9.17) is 15.9 Å². The number of carbonyl (C=O) groups excluding carboxylic acids is 1. The minimum Gasteiger partial charge on any atom is -0.475 e. The second-order valence-corrected chi connectivity index (χ2v) is 4.54. The van der Waals surface area contributed by atoms with E-state index in [1.807, 2.05) is 0 Å². The second kappa shape index (κ2) is 8.11. The number of carbonyl (C=O) groups is 2. The van der Waals surface area contributed by atoms with E-state index >= 15 is 0 Å². The summed E-state index contributed by atoms with van der Waals surface area (Å²) in [5, 5.41) is 13.9. The minimum atomic E-state index is -1.14. The Hall–Kier alpha value is -2.07. The van der Waals surface area contributed by atoms with Crippen LogP contribution in [-0.2, 0) is 6.54 Å². The second-order valence-electron chi connectivity index (χ2n) is 3.44. The van der Waals surface area contributed by atoms with Crippen LogP contribution in [0.25, 0.3) is 0 Å². The summed E-state index contributed by atoms with van der Waals surface area (Å²) < 4.78 is 4.98. The summed E-state index contributed by atoms with van der Waals surface area (Å²) >= 11 is 1.55. The Balaban J connectivity index is 2.19. The highest BCUT2D eigenvalue weighted by molar-refractivity contribution is 7.99. The van der Waals surface area contributed by atoms with E-state index in [1.165, 1.54) is 12.1 Å². The Morgan fingerprint density at radius 3 is 2.84 bits per heavy atom. The molecular formula is C12H14N2O4S. The van der Waals surface area contributed by atoms with E-state index in [0.29, 0.717) is 18.1 Å². The van der Waals surface area contributed by atoms with Gasteiger partial charge in [0.2, 0.25) is 5.76 Å². The van der Waals surface area contributed by atoms with Crippen LogP contribution in [0.15, 0.2) is 16.5 Å². The van der Waals surface area contributed by atoms with Gasteiger partial charge in [0.25, 0.3) is 0 Å². The van der Waals surface area contributed by atoms with Crippen LogP contribution >= 0.6 is 11.8 Å². The van der Waals surface area contributed by atoms with Crippen LogP contribution < -0.4 is 10.6 Å². The zero-order valence-corrected chi connectivity index (χ0v) is 11.0. The number of hydrogen-bond donors (Lipinski definition) is 3. The highest BCUT2D eigenvalue weighted by atomic mass is 32.2. The lowest BCUT2D eigenvalue weighted by molar-refractivity contribution is 0.0660. The number of terminal acetylenes is 1. The fourth-order valence-electron chi connectivity index (χ4n) is 1.19. The standard InChI is InChI=1S/C12H14N2O4S/c1-2-6-19-7-5-13-12(17)14-8-9-3-4-10(18-9)11(15)16/h1,3-4H,5-8H2,(H,15,16)(H2,13,14,17). The van der Waals surface area contributed by atoms with Crippen molar-refractivity contribution in [2.24, 2.45) is 0 Å². The zero-order chi connectivity index (χ0) is 14.1. The van der Waals surface area contributed by atoms with Gasteiger partial charge in [0.05, 0.1) is 12.3 Å². The molecule has 0 aliphatic rings. The van der Waals surface area contributed by atoms with Crippen molar-refractivity contribution in [3.05, 3.63) is 23.7 Å². The summed E-state index contributed by atoms with van der Waals surface area (Å²) in [5.74, 6) is 2.94. The molecule has 0 unspecified atom stereocenters. The van der Waals surface area contributed by atoms with Gasteiger partial charge in [-0.05, 0) is 12.1 Å². The molecule has 6 nitrogen and oxygen atoms in total. The van der Waals surface area contributed by atoms with Crippen molar-refractivity contribution >= 4 is 23.8 Å². The van der Waals surface area contributed by atoms with E-state index in [9.17, 15) is 9.59 Å². The molecule has 0 aromatic carbocycles. The molecule has 1 heterocycles. The third kappa shape index (κ3) is 5.88. The van der Waals surface area contributed by atoms with Gasteiger partial charge in [0.1, 0.15) is 5.76 Å². The van der Waals surface area contributed by atoms with Crippen molar-refractivity contribution in [3.8, 4) is 12.3 Å². The molecule has 0 spiro atoms. The van der Waals surface area contributed by atoms with Gasteiger partial charge in [0, 0.05) is 12.3 Å². The Bertz CT molecular complexity index is 478. The zero-order valence-electron chi connectivity index (χ0n) is 10.1. The van der Waals surface area contributed by atoms with Crippen LogP contribution in [0.3, 0.4) is 0 Å². The number of carboxylic acids is 1. The van der Waals surface area contributed by atoms with Gasteiger partial charge < -0.3 is 20.2 Å². The summed E-state index contributed by atoms with van der Waals surface area (Å²) in [6.45, 7) is 0.646. The topological polar surface area (TPSA) is 91.6 Å².